The van der Waals surface area contributed by atoms with Gasteiger partial charge in [0.25, 0.3) is 5.91 Å². The number of amides is 1. The first kappa shape index (κ1) is 11.6. The molecule has 2 aromatic rings. The van der Waals surface area contributed by atoms with Gasteiger partial charge in [-0.15, -0.1) is 0 Å². The van der Waals surface area contributed by atoms with E-state index in [0.29, 0.717) is 11.8 Å². The van der Waals surface area contributed by atoms with Gasteiger partial charge in [-0.3, -0.25) is 4.79 Å². The van der Waals surface area contributed by atoms with Crippen LogP contribution in [0.4, 0.5) is 8.78 Å². The molecule has 102 valence electrons. The van der Waals surface area contributed by atoms with E-state index in [1.54, 1.807) is 0 Å². The van der Waals surface area contributed by atoms with Crippen LogP contribution in [0.25, 0.3) is 5.69 Å². The molecule has 6 heteroatoms. The molecule has 0 aliphatic heterocycles. The number of benzene rings is 1. The van der Waals surface area contributed by atoms with Gasteiger partial charge in [0.15, 0.2) is 11.5 Å². The van der Waals surface area contributed by atoms with Crippen LogP contribution in [0.1, 0.15) is 34.1 Å². The van der Waals surface area contributed by atoms with Crippen LogP contribution < -0.4 is 5.73 Å². The molecule has 20 heavy (non-hydrogen) atoms. The Balaban J connectivity index is 1.94. The van der Waals surface area contributed by atoms with Crippen LogP contribution in [-0.2, 0) is 6.42 Å². The van der Waals surface area contributed by atoms with Crippen LogP contribution in [0.2, 0.25) is 0 Å². The lowest BCUT2D eigenvalue weighted by molar-refractivity contribution is 0.0994. The Bertz CT molecular complexity index is 753. The summed E-state index contributed by atoms with van der Waals surface area (Å²) in [6, 6.07) is 3.32. The lowest BCUT2D eigenvalue weighted by Gasteiger charge is -2.07. The number of carbonyl (C=O) groups excluding carboxylic acids is 1. The molecule has 2 aliphatic rings. The van der Waals surface area contributed by atoms with Gasteiger partial charge in [0.1, 0.15) is 11.5 Å². The molecule has 2 aliphatic carbocycles. The van der Waals surface area contributed by atoms with Crippen molar-refractivity contribution in [2.75, 3.05) is 0 Å². The Hall–Kier alpha value is -2.24. The molecule has 0 spiro atoms. The Kier molecular flexibility index (Phi) is 2.11. The van der Waals surface area contributed by atoms with Gasteiger partial charge in [-0.2, -0.15) is 5.10 Å². The van der Waals surface area contributed by atoms with E-state index in [0.717, 1.165) is 30.2 Å². The van der Waals surface area contributed by atoms with Crippen LogP contribution in [-0.4, -0.2) is 15.7 Å². The van der Waals surface area contributed by atoms with E-state index in [4.69, 9.17) is 5.73 Å². The molecule has 1 amide bonds. The summed E-state index contributed by atoms with van der Waals surface area (Å²) < 4.78 is 28.4. The van der Waals surface area contributed by atoms with E-state index in [-0.39, 0.29) is 11.4 Å². The number of hydrogen-bond donors (Lipinski definition) is 1. The molecule has 1 saturated carbocycles. The summed E-state index contributed by atoms with van der Waals surface area (Å²) in [7, 11) is 0. The van der Waals surface area contributed by atoms with Crippen molar-refractivity contribution >= 4 is 5.91 Å². The van der Waals surface area contributed by atoms with Crippen LogP contribution in [0, 0.1) is 17.6 Å². The summed E-state index contributed by atoms with van der Waals surface area (Å²) in [5.74, 6) is -1.13. The second kappa shape index (κ2) is 3.65. The number of aromatic nitrogens is 2. The molecule has 4 nitrogen and oxygen atoms in total. The maximum absolute atomic E-state index is 13.9. The third-order valence-corrected chi connectivity index (χ3v) is 4.13. The maximum Gasteiger partial charge on any atom is 0.269 e. The van der Waals surface area contributed by atoms with E-state index in [1.165, 1.54) is 16.8 Å². The minimum Gasteiger partial charge on any atom is -0.364 e. The molecule has 1 aromatic carbocycles. The summed E-state index contributed by atoms with van der Waals surface area (Å²) in [5, 5.41) is 4.15. The van der Waals surface area contributed by atoms with E-state index < -0.39 is 17.5 Å². The van der Waals surface area contributed by atoms with Crippen molar-refractivity contribution < 1.29 is 13.6 Å². The Labute approximate surface area is 113 Å². The number of halogens is 2. The van der Waals surface area contributed by atoms with Crippen molar-refractivity contribution in [3.05, 3.63) is 46.8 Å². The second-order valence-corrected chi connectivity index (χ2v) is 5.39. The first-order valence-corrected chi connectivity index (χ1v) is 6.43. The first-order valence-electron chi connectivity index (χ1n) is 6.43. The highest BCUT2D eigenvalue weighted by atomic mass is 19.1. The SMILES string of the molecule is NC(=O)c1nn(-c2ccc(F)cc2F)c2c1C[C@H]1C[C@@H]21. The smallest absolute Gasteiger partial charge is 0.269 e. The summed E-state index contributed by atoms with van der Waals surface area (Å²) in [6.07, 6.45) is 1.79. The topological polar surface area (TPSA) is 60.9 Å². The highest BCUT2D eigenvalue weighted by molar-refractivity contribution is 5.93. The molecule has 0 unspecified atom stereocenters. The largest absolute Gasteiger partial charge is 0.364 e. The van der Waals surface area contributed by atoms with Gasteiger partial charge < -0.3 is 5.73 Å². The summed E-state index contributed by atoms with van der Waals surface area (Å²) >= 11 is 0. The van der Waals surface area contributed by atoms with Gasteiger partial charge >= 0.3 is 0 Å². The van der Waals surface area contributed by atoms with Gasteiger partial charge in [-0.1, -0.05) is 0 Å². The third-order valence-electron chi connectivity index (χ3n) is 4.13. The number of hydrogen-bond acceptors (Lipinski definition) is 2. The zero-order chi connectivity index (χ0) is 14.0. The van der Waals surface area contributed by atoms with E-state index in [1.807, 2.05) is 0 Å². The van der Waals surface area contributed by atoms with Gasteiger partial charge in [0.2, 0.25) is 0 Å². The fraction of sp³-hybridized carbons (Fsp3) is 0.286. The zero-order valence-electron chi connectivity index (χ0n) is 10.4. The number of primary amides is 1. The van der Waals surface area contributed by atoms with Crippen molar-refractivity contribution in [2.45, 2.75) is 18.8 Å². The van der Waals surface area contributed by atoms with Crippen LogP contribution in [0.5, 0.6) is 0 Å². The van der Waals surface area contributed by atoms with Crippen molar-refractivity contribution in [1.29, 1.82) is 0 Å². The average molecular weight is 275 g/mol. The maximum atomic E-state index is 13.9. The number of carbonyl (C=O) groups is 1. The normalized spacial score (nSPS) is 22.5. The molecular formula is C14H11F2N3O. The fourth-order valence-electron chi connectivity index (χ4n) is 3.15. The molecule has 1 heterocycles. The third kappa shape index (κ3) is 1.44. The number of rotatable bonds is 2. The monoisotopic (exact) mass is 275 g/mol. The van der Waals surface area contributed by atoms with Gasteiger partial charge in [-0.05, 0) is 30.9 Å². The Morgan fingerprint density at radius 1 is 1.40 bits per heavy atom. The molecule has 1 fully saturated rings. The molecule has 0 bridgehead atoms. The van der Waals surface area contributed by atoms with Crippen LogP contribution in [0.15, 0.2) is 18.2 Å². The Morgan fingerprint density at radius 3 is 2.90 bits per heavy atom. The van der Waals surface area contributed by atoms with Gasteiger partial charge in [0, 0.05) is 17.5 Å². The minimum absolute atomic E-state index is 0.155. The molecule has 0 radical (unpaired) electrons. The highest BCUT2D eigenvalue weighted by Crippen LogP contribution is 2.57. The molecular weight excluding hydrogens is 264 g/mol. The van der Waals surface area contributed by atoms with Crippen LogP contribution in [0.3, 0.4) is 0 Å². The second-order valence-electron chi connectivity index (χ2n) is 5.39. The number of nitrogens with zero attached hydrogens (tertiary/aromatic N) is 2. The standard InChI is InChI=1S/C14H11F2N3O/c15-7-1-2-11(10(16)5-7)19-13-8-3-6(8)4-9(13)12(18-19)14(17)20/h1-2,5-6,8H,3-4H2,(H2,17,20)/t6-,8-/m1/s1. The molecule has 0 saturated heterocycles. The summed E-state index contributed by atoms with van der Waals surface area (Å²) in [5.41, 5.74) is 7.37. The molecule has 2 atom stereocenters. The van der Waals surface area contributed by atoms with Crippen molar-refractivity contribution in [3.8, 4) is 5.69 Å². The fourth-order valence-corrected chi connectivity index (χ4v) is 3.15. The van der Waals surface area contributed by atoms with Crippen molar-refractivity contribution in [2.24, 2.45) is 11.7 Å². The zero-order valence-corrected chi connectivity index (χ0v) is 10.4. The van der Waals surface area contributed by atoms with Crippen molar-refractivity contribution in [1.82, 2.24) is 9.78 Å². The lowest BCUT2D eigenvalue weighted by Crippen LogP contribution is -2.14. The Morgan fingerprint density at radius 2 is 2.20 bits per heavy atom. The van der Waals surface area contributed by atoms with E-state index in [9.17, 15) is 13.6 Å². The van der Waals surface area contributed by atoms with Gasteiger partial charge in [0.05, 0.1) is 5.69 Å². The highest BCUT2D eigenvalue weighted by Gasteiger charge is 2.50. The molecule has 2 N–H and O–H groups in total. The van der Waals surface area contributed by atoms with Gasteiger partial charge in [-0.25, -0.2) is 13.5 Å². The molecule has 1 aromatic heterocycles. The van der Waals surface area contributed by atoms with Crippen molar-refractivity contribution in [3.63, 3.8) is 0 Å². The predicted octanol–water partition coefficient (Wildman–Crippen LogP) is 1.91. The number of fused-ring (bicyclic) bond motifs is 3. The number of nitrogens with two attached hydrogens (primary N) is 1. The summed E-state index contributed by atoms with van der Waals surface area (Å²) in [4.78, 5) is 11.5. The lowest BCUT2D eigenvalue weighted by atomic mass is 10.1. The quantitative estimate of drug-likeness (QED) is 0.910. The first-order chi connectivity index (χ1) is 9.56. The predicted molar refractivity (Wildman–Crippen MR) is 66.5 cm³/mol. The average Bonchev–Trinajstić information content (AvgIpc) is 2.89. The minimum atomic E-state index is -0.699. The van der Waals surface area contributed by atoms with E-state index >= 15 is 0 Å². The van der Waals surface area contributed by atoms with E-state index in [2.05, 4.69) is 5.10 Å². The van der Waals surface area contributed by atoms with Crippen LogP contribution >= 0.6 is 0 Å². The molecule has 4 rings (SSSR count). The summed E-state index contributed by atoms with van der Waals surface area (Å²) in [6.45, 7) is 0.